The van der Waals surface area contributed by atoms with Gasteiger partial charge in [0.15, 0.2) is 0 Å². The highest BCUT2D eigenvalue weighted by Crippen LogP contribution is 2.30. The molecule has 3 aromatic carbocycles. The largest absolute Gasteiger partial charge is 0.350 e. The number of benzene rings is 3. The number of nitrogens with zero attached hydrogens (tertiary/aromatic N) is 2. The van der Waals surface area contributed by atoms with Gasteiger partial charge >= 0.3 is 0 Å². The van der Waals surface area contributed by atoms with Crippen LogP contribution in [0.25, 0.3) is 0 Å². The zero-order valence-corrected chi connectivity index (χ0v) is 26.7. The topological polar surface area (TPSA) is 86.8 Å². The highest BCUT2D eigenvalue weighted by molar-refractivity contribution is 7.92. The Hall–Kier alpha value is -2.78. The molecule has 3 rings (SSSR count). The third-order valence-corrected chi connectivity index (χ3v) is 8.80. The molecule has 0 aliphatic carbocycles. The van der Waals surface area contributed by atoms with Gasteiger partial charge in [-0.3, -0.25) is 13.9 Å². The number of anilines is 1. The molecule has 1 N–H and O–H groups in total. The van der Waals surface area contributed by atoms with Crippen molar-refractivity contribution in [3.63, 3.8) is 0 Å². The average molecular weight is 639 g/mol. The van der Waals surface area contributed by atoms with Crippen LogP contribution >= 0.6 is 34.8 Å². The second-order valence-electron chi connectivity index (χ2n) is 10.7. The molecule has 7 nitrogen and oxygen atoms in total. The van der Waals surface area contributed by atoms with Gasteiger partial charge in [-0.05, 0) is 76.1 Å². The lowest BCUT2D eigenvalue weighted by Gasteiger charge is -2.35. The first-order valence-corrected chi connectivity index (χ1v) is 15.6. The van der Waals surface area contributed by atoms with Crippen LogP contribution in [0.2, 0.25) is 15.1 Å². The number of hydrogen-bond acceptors (Lipinski definition) is 4. The summed E-state index contributed by atoms with van der Waals surface area (Å²) in [6.07, 6.45) is 0.284. The Labute approximate surface area is 257 Å². The van der Waals surface area contributed by atoms with E-state index < -0.39 is 34.1 Å². The zero-order valence-electron chi connectivity index (χ0n) is 23.6. The van der Waals surface area contributed by atoms with Crippen LogP contribution in [0.1, 0.15) is 45.2 Å². The van der Waals surface area contributed by atoms with Gasteiger partial charge in [0.1, 0.15) is 12.6 Å². The first-order chi connectivity index (χ1) is 19.1. The fourth-order valence-electron chi connectivity index (χ4n) is 4.23. The van der Waals surface area contributed by atoms with Gasteiger partial charge in [-0.1, -0.05) is 77.6 Å². The van der Waals surface area contributed by atoms with Crippen LogP contribution in [0.5, 0.6) is 0 Å². The molecule has 0 unspecified atom stereocenters. The molecule has 3 aromatic rings. The predicted octanol–water partition coefficient (Wildman–Crippen LogP) is 6.87. The van der Waals surface area contributed by atoms with Gasteiger partial charge in [0.25, 0.3) is 10.0 Å². The molecule has 0 bridgehead atoms. The van der Waals surface area contributed by atoms with E-state index in [-0.39, 0.29) is 39.5 Å². The quantitative estimate of drug-likeness (QED) is 0.263. The number of hydrogen-bond donors (Lipinski definition) is 1. The Morgan fingerprint density at radius 2 is 1.51 bits per heavy atom. The summed E-state index contributed by atoms with van der Waals surface area (Å²) in [4.78, 5) is 28.9. The Bertz CT molecular complexity index is 1490. The molecule has 0 radical (unpaired) electrons. The molecule has 0 aliphatic heterocycles. The number of sulfonamides is 1. The van der Waals surface area contributed by atoms with Crippen molar-refractivity contribution in [3.8, 4) is 0 Å². The van der Waals surface area contributed by atoms with Gasteiger partial charge < -0.3 is 10.2 Å². The standard InChI is InChI=1S/C30H34Cl3N3O4S/c1-6-27(29(38)34-30(3,4)5)35(18-21-9-7-8-10-26(21)33)28(37)19-36(24-16-22(31)15-23(32)17-24)41(39,40)25-13-11-20(2)12-14-25/h7-17,27H,6,18-19H2,1-5H3,(H,34,38)/t27-/m0/s1. The highest BCUT2D eigenvalue weighted by Gasteiger charge is 2.35. The third-order valence-electron chi connectivity index (χ3n) is 6.21. The predicted molar refractivity (Wildman–Crippen MR) is 166 cm³/mol. The molecular formula is C30H34Cl3N3O4S. The monoisotopic (exact) mass is 637 g/mol. The summed E-state index contributed by atoms with van der Waals surface area (Å²) < 4.78 is 28.9. The van der Waals surface area contributed by atoms with Crippen molar-refractivity contribution in [1.82, 2.24) is 10.2 Å². The minimum Gasteiger partial charge on any atom is -0.350 e. The molecule has 0 fully saturated rings. The maximum Gasteiger partial charge on any atom is 0.264 e. The molecule has 220 valence electrons. The van der Waals surface area contributed by atoms with E-state index in [1.807, 2.05) is 27.7 Å². The van der Waals surface area contributed by atoms with Crippen molar-refractivity contribution < 1.29 is 18.0 Å². The fourth-order valence-corrected chi connectivity index (χ4v) is 6.34. The lowest BCUT2D eigenvalue weighted by atomic mass is 10.1. The number of amides is 2. The molecule has 11 heteroatoms. The average Bonchev–Trinajstić information content (AvgIpc) is 2.86. The number of carbonyl (C=O) groups excluding carboxylic acids is 2. The van der Waals surface area contributed by atoms with Crippen LogP contribution in [-0.2, 0) is 26.2 Å². The van der Waals surface area contributed by atoms with Crippen LogP contribution in [0.3, 0.4) is 0 Å². The van der Waals surface area contributed by atoms with Gasteiger partial charge in [-0.15, -0.1) is 0 Å². The fraction of sp³-hybridized carbons (Fsp3) is 0.333. The van der Waals surface area contributed by atoms with E-state index in [4.69, 9.17) is 34.8 Å². The number of aryl methyl sites for hydroxylation is 1. The van der Waals surface area contributed by atoms with E-state index in [0.29, 0.717) is 10.6 Å². The zero-order chi connectivity index (χ0) is 30.5. The van der Waals surface area contributed by atoms with Gasteiger partial charge in [0, 0.05) is 27.2 Å². The van der Waals surface area contributed by atoms with Crippen molar-refractivity contribution in [3.05, 3.63) is 92.9 Å². The Morgan fingerprint density at radius 1 is 0.927 bits per heavy atom. The molecule has 2 amide bonds. The number of carbonyl (C=O) groups is 2. The second-order valence-corrected chi connectivity index (χ2v) is 13.9. The minimum atomic E-state index is -4.25. The van der Waals surface area contributed by atoms with Crippen molar-refractivity contribution in [2.75, 3.05) is 10.8 Å². The molecule has 0 aromatic heterocycles. The molecule has 0 saturated carbocycles. The first-order valence-electron chi connectivity index (χ1n) is 13.0. The van der Waals surface area contributed by atoms with Gasteiger partial charge in [-0.25, -0.2) is 8.42 Å². The maximum absolute atomic E-state index is 14.1. The summed E-state index contributed by atoms with van der Waals surface area (Å²) in [6.45, 7) is 8.54. The minimum absolute atomic E-state index is 0.0106. The van der Waals surface area contributed by atoms with E-state index in [0.717, 1.165) is 9.87 Å². The smallest absolute Gasteiger partial charge is 0.264 e. The molecule has 1 atom stereocenters. The highest BCUT2D eigenvalue weighted by atomic mass is 35.5. The van der Waals surface area contributed by atoms with E-state index in [2.05, 4.69) is 5.32 Å². The summed E-state index contributed by atoms with van der Waals surface area (Å²) in [7, 11) is -4.25. The molecule has 41 heavy (non-hydrogen) atoms. The van der Waals surface area contributed by atoms with Crippen molar-refractivity contribution >= 4 is 62.3 Å². The van der Waals surface area contributed by atoms with Crippen molar-refractivity contribution in [2.24, 2.45) is 0 Å². The Morgan fingerprint density at radius 3 is 2.05 bits per heavy atom. The lowest BCUT2D eigenvalue weighted by Crippen LogP contribution is -2.55. The van der Waals surface area contributed by atoms with Crippen molar-refractivity contribution in [2.45, 2.75) is 64.1 Å². The summed E-state index contributed by atoms with van der Waals surface area (Å²) in [6, 6.07) is 16.7. The third kappa shape index (κ3) is 8.61. The number of nitrogens with one attached hydrogen (secondary N) is 1. The van der Waals surface area contributed by atoms with Gasteiger partial charge in [-0.2, -0.15) is 0 Å². The van der Waals surface area contributed by atoms with Crippen molar-refractivity contribution in [1.29, 1.82) is 0 Å². The van der Waals surface area contributed by atoms with Gasteiger partial charge in [0.2, 0.25) is 11.8 Å². The molecule has 0 aliphatic rings. The van der Waals surface area contributed by atoms with E-state index in [9.17, 15) is 18.0 Å². The van der Waals surface area contributed by atoms with Gasteiger partial charge in [0.05, 0.1) is 10.6 Å². The van der Waals surface area contributed by atoms with E-state index in [1.165, 1.54) is 35.2 Å². The SMILES string of the molecule is CC[C@@H](C(=O)NC(C)(C)C)N(Cc1ccccc1Cl)C(=O)CN(c1cc(Cl)cc(Cl)c1)S(=O)(=O)c1ccc(C)cc1. The normalized spacial score (nSPS) is 12.5. The molecule has 0 spiro atoms. The molecule has 0 saturated heterocycles. The summed E-state index contributed by atoms with van der Waals surface area (Å²) in [5, 5.41) is 3.76. The number of halogens is 3. The first kappa shape index (κ1) is 32.7. The van der Waals surface area contributed by atoms with Crippen LogP contribution < -0.4 is 9.62 Å². The molecule has 0 heterocycles. The summed E-state index contributed by atoms with van der Waals surface area (Å²) in [5.41, 5.74) is 1.05. The number of rotatable bonds is 10. The Kier molecular flexibility index (Phi) is 10.7. The summed E-state index contributed by atoms with van der Waals surface area (Å²) >= 11 is 18.9. The van der Waals surface area contributed by atoms with E-state index >= 15 is 0 Å². The second kappa shape index (κ2) is 13.5. The van der Waals surface area contributed by atoms with Crippen LogP contribution in [-0.4, -0.2) is 43.3 Å². The lowest BCUT2D eigenvalue weighted by molar-refractivity contribution is -0.141. The van der Waals surface area contributed by atoms with Crippen LogP contribution in [0.15, 0.2) is 71.6 Å². The Balaban J connectivity index is 2.12. The van der Waals surface area contributed by atoms with Crippen LogP contribution in [0, 0.1) is 6.92 Å². The van der Waals surface area contributed by atoms with E-state index in [1.54, 1.807) is 43.3 Å². The van der Waals surface area contributed by atoms with Crippen LogP contribution in [0.4, 0.5) is 5.69 Å². The maximum atomic E-state index is 14.1. The molecular weight excluding hydrogens is 605 g/mol. The summed E-state index contributed by atoms with van der Waals surface area (Å²) in [5.74, 6) is -0.966.